The molecular weight excluding hydrogens is 373 g/mol. The molecule has 2 aromatic carbocycles. The number of halogens is 2. The molecule has 2 N–H and O–H groups in total. The minimum absolute atomic E-state index is 0.0828. The van der Waals surface area contributed by atoms with Gasteiger partial charge in [-0.05, 0) is 71.8 Å². The van der Waals surface area contributed by atoms with Crippen LogP contribution < -0.4 is 10.5 Å². The van der Waals surface area contributed by atoms with Crippen molar-refractivity contribution < 1.29 is 4.74 Å². The number of hydrogen-bond acceptors (Lipinski definition) is 2. The molecule has 2 nitrogen and oxygen atoms in total. The first-order chi connectivity index (χ1) is 9.04. The van der Waals surface area contributed by atoms with Gasteiger partial charge in [-0.2, -0.15) is 0 Å². The van der Waals surface area contributed by atoms with E-state index in [0.29, 0.717) is 5.02 Å². The normalized spacial score (nSPS) is 12.2. The van der Waals surface area contributed by atoms with Gasteiger partial charge in [0.25, 0.3) is 0 Å². The predicted octanol–water partition coefficient (Wildman–Crippen LogP) is 4.63. The highest BCUT2D eigenvalue weighted by atomic mass is 127. The summed E-state index contributed by atoms with van der Waals surface area (Å²) in [5.74, 6) is 1.58. The zero-order chi connectivity index (χ0) is 13.8. The summed E-state index contributed by atoms with van der Waals surface area (Å²) in [6, 6.07) is 13.6. The summed E-state index contributed by atoms with van der Waals surface area (Å²) in [4.78, 5) is 0. The van der Waals surface area contributed by atoms with Gasteiger partial charge in [-0.3, -0.25) is 0 Å². The molecule has 1 unspecified atom stereocenters. The number of hydrogen-bond donors (Lipinski definition) is 1. The highest BCUT2D eigenvalue weighted by Gasteiger charge is 2.08. The zero-order valence-corrected chi connectivity index (χ0v) is 13.5. The first kappa shape index (κ1) is 14.6. The Labute approximate surface area is 132 Å². The van der Waals surface area contributed by atoms with Gasteiger partial charge in [0, 0.05) is 14.6 Å². The van der Waals surface area contributed by atoms with E-state index in [0.717, 1.165) is 27.1 Å². The molecule has 0 aromatic heterocycles. The third-order valence-electron chi connectivity index (χ3n) is 2.59. The smallest absolute Gasteiger partial charge is 0.132 e. The van der Waals surface area contributed by atoms with Crippen molar-refractivity contribution in [3.8, 4) is 11.5 Å². The summed E-state index contributed by atoms with van der Waals surface area (Å²) in [7, 11) is 0. The van der Waals surface area contributed by atoms with Crippen LogP contribution in [0.1, 0.15) is 12.5 Å². The summed E-state index contributed by atoms with van der Waals surface area (Å²) in [6.07, 6.45) is 0.760. The Bertz CT molecular complexity index is 572. The lowest BCUT2D eigenvalue weighted by atomic mass is 10.1. The van der Waals surface area contributed by atoms with E-state index in [2.05, 4.69) is 22.6 Å². The SMILES string of the molecule is CC(N)Cc1ccc(Cl)cc1Oc1cccc(I)c1. The van der Waals surface area contributed by atoms with Gasteiger partial charge < -0.3 is 10.5 Å². The van der Waals surface area contributed by atoms with Crippen molar-refractivity contribution in [1.82, 2.24) is 0 Å². The average molecular weight is 388 g/mol. The third kappa shape index (κ3) is 4.37. The van der Waals surface area contributed by atoms with Crippen LogP contribution in [0, 0.1) is 3.57 Å². The van der Waals surface area contributed by atoms with Crippen LogP contribution >= 0.6 is 34.2 Å². The van der Waals surface area contributed by atoms with Crippen LogP contribution in [0.3, 0.4) is 0 Å². The molecule has 0 heterocycles. The molecule has 0 bridgehead atoms. The van der Waals surface area contributed by atoms with Crippen LogP contribution in [0.4, 0.5) is 0 Å². The number of benzene rings is 2. The van der Waals surface area contributed by atoms with E-state index in [1.807, 2.05) is 49.4 Å². The first-order valence-electron chi connectivity index (χ1n) is 6.02. The Morgan fingerprint density at radius 1 is 1.26 bits per heavy atom. The maximum atomic E-state index is 6.04. The van der Waals surface area contributed by atoms with Crippen LogP contribution in [-0.2, 0) is 6.42 Å². The molecule has 0 spiro atoms. The molecule has 2 rings (SSSR count). The van der Waals surface area contributed by atoms with Crippen LogP contribution in [0.15, 0.2) is 42.5 Å². The molecule has 1 atom stereocenters. The lowest BCUT2D eigenvalue weighted by molar-refractivity contribution is 0.473. The van der Waals surface area contributed by atoms with Gasteiger partial charge in [0.2, 0.25) is 0 Å². The molecule has 100 valence electrons. The number of nitrogens with two attached hydrogens (primary N) is 1. The molecule has 0 fully saturated rings. The molecule has 0 aliphatic heterocycles. The molecule has 2 aromatic rings. The molecule has 0 aliphatic carbocycles. The standard InChI is InChI=1S/C15H15ClINO/c1-10(18)7-11-5-6-12(16)8-15(11)19-14-4-2-3-13(17)9-14/h2-6,8-10H,7,18H2,1H3. The fraction of sp³-hybridized carbons (Fsp3) is 0.200. The topological polar surface area (TPSA) is 35.2 Å². The van der Waals surface area contributed by atoms with E-state index >= 15 is 0 Å². The molecular formula is C15H15ClINO. The Morgan fingerprint density at radius 3 is 2.74 bits per heavy atom. The largest absolute Gasteiger partial charge is 0.457 e. The van der Waals surface area contributed by atoms with Crippen molar-refractivity contribution >= 4 is 34.2 Å². The van der Waals surface area contributed by atoms with Gasteiger partial charge in [-0.1, -0.05) is 23.7 Å². The van der Waals surface area contributed by atoms with Gasteiger partial charge in [0.05, 0.1) is 0 Å². The van der Waals surface area contributed by atoms with Crippen molar-refractivity contribution in [2.45, 2.75) is 19.4 Å². The first-order valence-corrected chi connectivity index (χ1v) is 7.47. The molecule has 0 radical (unpaired) electrons. The van der Waals surface area contributed by atoms with Crippen molar-refractivity contribution in [1.29, 1.82) is 0 Å². The van der Waals surface area contributed by atoms with Gasteiger partial charge in [0.1, 0.15) is 11.5 Å². The average Bonchev–Trinajstić information content (AvgIpc) is 2.32. The van der Waals surface area contributed by atoms with Gasteiger partial charge >= 0.3 is 0 Å². The van der Waals surface area contributed by atoms with Gasteiger partial charge in [-0.15, -0.1) is 0 Å². The van der Waals surface area contributed by atoms with Gasteiger partial charge in [0.15, 0.2) is 0 Å². The Balaban J connectivity index is 2.30. The van der Waals surface area contributed by atoms with Crippen LogP contribution in [0.25, 0.3) is 0 Å². The molecule has 0 saturated carbocycles. The minimum atomic E-state index is 0.0828. The fourth-order valence-electron chi connectivity index (χ4n) is 1.80. The minimum Gasteiger partial charge on any atom is -0.457 e. The second-order valence-electron chi connectivity index (χ2n) is 4.49. The summed E-state index contributed by atoms with van der Waals surface area (Å²) in [6.45, 7) is 1.98. The Morgan fingerprint density at radius 2 is 2.05 bits per heavy atom. The summed E-state index contributed by atoms with van der Waals surface area (Å²) in [5.41, 5.74) is 6.93. The zero-order valence-electron chi connectivity index (χ0n) is 10.6. The quantitative estimate of drug-likeness (QED) is 0.777. The van der Waals surface area contributed by atoms with Crippen molar-refractivity contribution in [2.75, 3.05) is 0 Å². The highest BCUT2D eigenvalue weighted by molar-refractivity contribution is 14.1. The predicted molar refractivity (Wildman–Crippen MR) is 88.0 cm³/mol. The fourth-order valence-corrected chi connectivity index (χ4v) is 2.47. The van der Waals surface area contributed by atoms with E-state index in [4.69, 9.17) is 22.1 Å². The molecule has 0 aliphatic rings. The lowest BCUT2D eigenvalue weighted by Gasteiger charge is -2.13. The second-order valence-corrected chi connectivity index (χ2v) is 6.17. The summed E-state index contributed by atoms with van der Waals surface area (Å²) in [5, 5.41) is 0.661. The summed E-state index contributed by atoms with van der Waals surface area (Å²) < 4.78 is 7.06. The lowest BCUT2D eigenvalue weighted by Crippen LogP contribution is -2.18. The van der Waals surface area contributed by atoms with Crippen LogP contribution in [0.2, 0.25) is 5.02 Å². The third-order valence-corrected chi connectivity index (χ3v) is 3.50. The Hall–Kier alpha value is -0.780. The van der Waals surface area contributed by atoms with Crippen molar-refractivity contribution in [3.05, 3.63) is 56.6 Å². The molecule has 0 amide bonds. The Kier molecular flexibility index (Phi) is 5.07. The van der Waals surface area contributed by atoms with E-state index in [-0.39, 0.29) is 6.04 Å². The van der Waals surface area contributed by atoms with E-state index in [9.17, 15) is 0 Å². The maximum absolute atomic E-state index is 6.04. The maximum Gasteiger partial charge on any atom is 0.132 e. The molecule has 0 saturated heterocycles. The van der Waals surface area contributed by atoms with E-state index in [1.165, 1.54) is 0 Å². The highest BCUT2D eigenvalue weighted by Crippen LogP contribution is 2.29. The van der Waals surface area contributed by atoms with Crippen molar-refractivity contribution in [3.63, 3.8) is 0 Å². The number of rotatable bonds is 4. The van der Waals surface area contributed by atoms with E-state index in [1.54, 1.807) is 0 Å². The number of ether oxygens (including phenoxy) is 1. The molecule has 4 heteroatoms. The monoisotopic (exact) mass is 387 g/mol. The van der Waals surface area contributed by atoms with Crippen LogP contribution in [-0.4, -0.2) is 6.04 Å². The summed E-state index contributed by atoms with van der Waals surface area (Å²) >= 11 is 8.30. The second kappa shape index (κ2) is 6.59. The van der Waals surface area contributed by atoms with E-state index < -0.39 is 0 Å². The molecule has 19 heavy (non-hydrogen) atoms. The van der Waals surface area contributed by atoms with Crippen LogP contribution in [0.5, 0.6) is 11.5 Å². The van der Waals surface area contributed by atoms with Crippen molar-refractivity contribution in [2.24, 2.45) is 5.73 Å². The van der Waals surface area contributed by atoms with Gasteiger partial charge in [-0.25, -0.2) is 0 Å².